The first-order valence-corrected chi connectivity index (χ1v) is 7.36. The van der Waals surface area contributed by atoms with Crippen LogP contribution >= 0.6 is 22.4 Å². The Balaban J connectivity index is 2.76. The number of hydrogen-bond acceptors (Lipinski definition) is 3. The summed E-state index contributed by atoms with van der Waals surface area (Å²) in [4.78, 5) is 0. The Bertz CT molecular complexity index is 116. The molecule has 7 heteroatoms. The van der Waals surface area contributed by atoms with Gasteiger partial charge in [-0.25, -0.2) is 0 Å². The summed E-state index contributed by atoms with van der Waals surface area (Å²) >= 11 is 3.72. The van der Waals surface area contributed by atoms with Crippen LogP contribution in [0.2, 0.25) is 13.6 Å². The standard InChI is InChI=1S/C5H15B2BrN3P/c1-6-9(3)7(2)11(5)12(8)10(6)4/h1-5H3. The third-order valence-electron chi connectivity index (χ3n) is 2.78. The van der Waals surface area contributed by atoms with Crippen LogP contribution in [0.1, 0.15) is 0 Å². The van der Waals surface area contributed by atoms with Crippen molar-refractivity contribution >= 4 is 36.4 Å². The summed E-state index contributed by atoms with van der Waals surface area (Å²) in [5, 5.41) is 0. The molecule has 0 radical (unpaired) electrons. The Morgan fingerprint density at radius 1 is 1.00 bits per heavy atom. The zero-order chi connectivity index (χ0) is 9.46. The van der Waals surface area contributed by atoms with Crippen molar-refractivity contribution in [2.75, 3.05) is 21.1 Å². The maximum Gasteiger partial charge on any atom is 0.302 e. The van der Waals surface area contributed by atoms with E-state index in [1.807, 2.05) is 0 Å². The van der Waals surface area contributed by atoms with E-state index in [4.69, 9.17) is 0 Å². The summed E-state index contributed by atoms with van der Waals surface area (Å²) in [5.41, 5.74) is 0. The molecule has 12 heavy (non-hydrogen) atoms. The lowest BCUT2D eigenvalue weighted by Gasteiger charge is -2.47. The highest BCUT2D eigenvalue weighted by Gasteiger charge is 2.40. The average molecular weight is 250 g/mol. The molecule has 0 aliphatic carbocycles. The monoisotopic (exact) mass is 249 g/mol. The summed E-state index contributed by atoms with van der Waals surface area (Å²) in [5.74, 6) is 0. The first kappa shape index (κ1) is 11.0. The maximum absolute atomic E-state index is 3.72. The van der Waals surface area contributed by atoms with Gasteiger partial charge in [0.1, 0.15) is 0 Å². The smallest absolute Gasteiger partial charge is 0.302 e. The van der Waals surface area contributed by atoms with Gasteiger partial charge in [-0.3, -0.25) is 9.16 Å². The number of rotatable bonds is 0. The fraction of sp³-hybridized carbons (Fsp3) is 1.00. The van der Waals surface area contributed by atoms with Gasteiger partial charge in [-0.2, -0.15) is 0 Å². The van der Waals surface area contributed by atoms with Crippen LogP contribution in [0.5, 0.6) is 0 Å². The molecule has 0 atom stereocenters. The predicted molar refractivity (Wildman–Crippen MR) is 62.4 cm³/mol. The van der Waals surface area contributed by atoms with Crippen molar-refractivity contribution in [3.63, 3.8) is 0 Å². The molecule has 0 unspecified atom stereocenters. The molecular formula is C5H15B2BrN3P. The molecule has 1 heterocycles. The van der Waals surface area contributed by atoms with E-state index in [1.165, 1.54) is 0 Å². The van der Waals surface area contributed by atoms with E-state index in [1.54, 1.807) is 0 Å². The van der Waals surface area contributed by atoms with Crippen LogP contribution in [0.15, 0.2) is 0 Å². The molecule has 1 aliphatic heterocycles. The van der Waals surface area contributed by atoms with E-state index in [0.29, 0.717) is 14.0 Å². The summed E-state index contributed by atoms with van der Waals surface area (Å²) in [6.07, 6.45) is 0. The molecular weight excluding hydrogens is 235 g/mol. The molecule has 0 aromatic carbocycles. The predicted octanol–water partition coefficient (Wildman–Crippen LogP) is 1.65. The van der Waals surface area contributed by atoms with Crippen LogP contribution in [0, 0.1) is 0 Å². The highest BCUT2D eigenvalue weighted by atomic mass is 79.9. The minimum atomic E-state index is -0.282. The number of hydrogen-bond donors (Lipinski definition) is 0. The first-order valence-electron chi connectivity index (χ1n) is 4.10. The molecule has 1 saturated heterocycles. The quantitative estimate of drug-likeness (QED) is 0.478. The van der Waals surface area contributed by atoms with Gasteiger partial charge in [-0.1, -0.05) is 13.6 Å². The fourth-order valence-electron chi connectivity index (χ4n) is 1.34. The lowest BCUT2D eigenvalue weighted by Crippen LogP contribution is -2.61. The van der Waals surface area contributed by atoms with Gasteiger partial charge in [0.05, 0.1) is 6.93 Å². The van der Waals surface area contributed by atoms with E-state index in [0.717, 1.165) is 0 Å². The molecule has 1 aliphatic rings. The van der Waals surface area contributed by atoms with Crippen molar-refractivity contribution in [1.82, 2.24) is 13.9 Å². The minimum Gasteiger partial charge on any atom is -0.358 e. The van der Waals surface area contributed by atoms with Gasteiger partial charge in [0.25, 0.3) is 0 Å². The Morgan fingerprint density at radius 2 is 1.33 bits per heavy atom. The third-order valence-corrected chi connectivity index (χ3v) is 7.49. The average Bonchev–Trinajstić information content (AvgIpc) is 2.08. The molecule has 0 spiro atoms. The fourth-order valence-corrected chi connectivity index (χ4v) is 4.25. The van der Waals surface area contributed by atoms with Crippen LogP contribution in [0.25, 0.3) is 0 Å². The zero-order valence-corrected chi connectivity index (χ0v) is 10.8. The zero-order valence-electron chi connectivity index (χ0n) is 8.32. The molecule has 0 aromatic heterocycles. The molecule has 0 bridgehead atoms. The van der Waals surface area contributed by atoms with Gasteiger partial charge in [-0.05, 0) is 36.6 Å². The molecule has 1 fully saturated rings. The van der Waals surface area contributed by atoms with Crippen LogP contribution < -0.4 is 0 Å². The second kappa shape index (κ2) is 3.97. The Hall–Kier alpha value is 0.920. The second-order valence-corrected chi connectivity index (χ2v) is 6.96. The lowest BCUT2D eigenvalue weighted by atomic mass is 9.63. The lowest BCUT2D eigenvalue weighted by molar-refractivity contribution is 0.591. The van der Waals surface area contributed by atoms with Gasteiger partial charge in [0, 0.05) is 0 Å². The van der Waals surface area contributed by atoms with Crippen molar-refractivity contribution in [2.45, 2.75) is 13.6 Å². The Morgan fingerprint density at radius 3 is 1.67 bits per heavy atom. The largest absolute Gasteiger partial charge is 0.358 e. The van der Waals surface area contributed by atoms with Crippen LogP contribution in [0.4, 0.5) is 0 Å². The van der Waals surface area contributed by atoms with Gasteiger partial charge < -0.3 is 4.72 Å². The van der Waals surface area contributed by atoms with Crippen LogP contribution in [0.3, 0.4) is 0 Å². The molecule has 0 amide bonds. The summed E-state index contributed by atoms with van der Waals surface area (Å²) in [7, 11) is 6.48. The van der Waals surface area contributed by atoms with E-state index >= 15 is 0 Å². The topological polar surface area (TPSA) is 9.72 Å². The summed E-state index contributed by atoms with van der Waals surface area (Å²) in [6, 6.07) is 0. The molecule has 0 N–H and O–H groups in total. The van der Waals surface area contributed by atoms with Crippen LogP contribution in [-0.2, 0) is 0 Å². The van der Waals surface area contributed by atoms with Gasteiger partial charge in [-0.15, -0.1) is 0 Å². The van der Waals surface area contributed by atoms with Crippen molar-refractivity contribution in [2.24, 2.45) is 0 Å². The molecule has 1 rings (SSSR count). The van der Waals surface area contributed by atoms with E-state index < -0.39 is 0 Å². The molecule has 68 valence electrons. The van der Waals surface area contributed by atoms with Crippen molar-refractivity contribution in [3.8, 4) is 0 Å². The third kappa shape index (κ3) is 1.73. The maximum atomic E-state index is 3.72. The van der Waals surface area contributed by atoms with Crippen molar-refractivity contribution in [3.05, 3.63) is 0 Å². The summed E-state index contributed by atoms with van der Waals surface area (Å²) in [6.45, 7) is 5.22. The second-order valence-electron chi connectivity index (χ2n) is 3.32. The van der Waals surface area contributed by atoms with Crippen molar-refractivity contribution in [1.29, 1.82) is 0 Å². The molecule has 0 aromatic rings. The van der Waals surface area contributed by atoms with Gasteiger partial charge in [0.15, 0.2) is 0 Å². The number of nitrogens with zero attached hydrogens (tertiary/aromatic N) is 3. The molecule has 0 saturated carbocycles. The van der Waals surface area contributed by atoms with Gasteiger partial charge >= 0.3 is 14.0 Å². The van der Waals surface area contributed by atoms with E-state index in [-0.39, 0.29) is 6.93 Å². The first-order chi connectivity index (χ1) is 5.46. The summed E-state index contributed by atoms with van der Waals surface area (Å²) < 4.78 is 7.07. The Kier molecular flexibility index (Phi) is 3.64. The van der Waals surface area contributed by atoms with Gasteiger partial charge in [0.2, 0.25) is 0 Å². The highest BCUT2D eigenvalue weighted by molar-refractivity contribution is 9.39. The highest BCUT2D eigenvalue weighted by Crippen LogP contribution is 2.53. The Labute approximate surface area is 85.3 Å². The normalized spacial score (nSPS) is 25.5. The number of halogens is 1. The van der Waals surface area contributed by atoms with E-state index in [2.05, 4.69) is 64.2 Å². The minimum absolute atomic E-state index is 0.282. The SMILES string of the molecule is CB1N(C)B(C)N(C)P(Br)N1C. The van der Waals surface area contributed by atoms with Crippen molar-refractivity contribution < 1.29 is 0 Å². The van der Waals surface area contributed by atoms with E-state index in [9.17, 15) is 0 Å². The van der Waals surface area contributed by atoms with Crippen LogP contribution in [-0.4, -0.2) is 49.0 Å². The molecule has 3 nitrogen and oxygen atoms in total.